The Bertz CT molecular complexity index is 694. The van der Waals surface area contributed by atoms with Crippen molar-refractivity contribution in [1.29, 1.82) is 0 Å². The van der Waals surface area contributed by atoms with Gasteiger partial charge in [0.1, 0.15) is 11.5 Å². The van der Waals surface area contributed by atoms with Crippen molar-refractivity contribution in [2.75, 3.05) is 14.2 Å². The number of aryl methyl sites for hydroxylation is 1. The highest BCUT2D eigenvalue weighted by Crippen LogP contribution is 2.22. The standard InChI is InChI=1S/C18H20N2O3/c1-13-4-6-14(7-5-13)10-18(21)20-19-12-15-8-9-16(22-2)11-17(15)23-3/h4-9,11-12H,10H2,1-3H3,(H,20,21)/b19-12-. The van der Waals surface area contributed by atoms with Gasteiger partial charge in [-0.05, 0) is 24.6 Å². The van der Waals surface area contributed by atoms with Crippen LogP contribution < -0.4 is 14.9 Å². The van der Waals surface area contributed by atoms with E-state index in [-0.39, 0.29) is 12.3 Å². The zero-order valence-corrected chi connectivity index (χ0v) is 13.5. The molecule has 0 aliphatic heterocycles. The van der Waals surface area contributed by atoms with E-state index in [0.29, 0.717) is 11.5 Å². The summed E-state index contributed by atoms with van der Waals surface area (Å²) in [5, 5.41) is 3.97. The van der Waals surface area contributed by atoms with Gasteiger partial charge in [-0.1, -0.05) is 29.8 Å². The summed E-state index contributed by atoms with van der Waals surface area (Å²) in [6.07, 6.45) is 1.84. The third kappa shape index (κ3) is 4.85. The summed E-state index contributed by atoms with van der Waals surface area (Å²) in [4.78, 5) is 11.9. The van der Waals surface area contributed by atoms with Crippen molar-refractivity contribution in [2.45, 2.75) is 13.3 Å². The van der Waals surface area contributed by atoms with E-state index >= 15 is 0 Å². The fraction of sp³-hybridized carbons (Fsp3) is 0.222. The predicted octanol–water partition coefficient (Wildman–Crippen LogP) is 2.71. The summed E-state index contributed by atoms with van der Waals surface area (Å²) in [6.45, 7) is 2.01. The first-order chi connectivity index (χ1) is 11.1. The molecule has 1 amide bonds. The quantitative estimate of drug-likeness (QED) is 0.659. The fourth-order valence-electron chi connectivity index (χ4n) is 2.03. The lowest BCUT2D eigenvalue weighted by molar-refractivity contribution is -0.120. The highest BCUT2D eigenvalue weighted by Gasteiger charge is 2.04. The molecule has 0 aliphatic rings. The molecule has 5 heteroatoms. The molecule has 0 radical (unpaired) electrons. The third-order valence-corrected chi connectivity index (χ3v) is 3.32. The van der Waals surface area contributed by atoms with E-state index in [1.54, 1.807) is 32.6 Å². The number of hydrogen-bond acceptors (Lipinski definition) is 4. The van der Waals surface area contributed by atoms with Gasteiger partial charge in [-0.3, -0.25) is 4.79 Å². The molecule has 0 spiro atoms. The average molecular weight is 312 g/mol. The van der Waals surface area contributed by atoms with E-state index in [4.69, 9.17) is 9.47 Å². The van der Waals surface area contributed by atoms with Crippen LogP contribution in [0.1, 0.15) is 16.7 Å². The van der Waals surface area contributed by atoms with Gasteiger partial charge in [0, 0.05) is 11.6 Å². The summed E-state index contributed by atoms with van der Waals surface area (Å²) < 4.78 is 10.4. The van der Waals surface area contributed by atoms with Gasteiger partial charge in [-0.25, -0.2) is 5.43 Å². The molecule has 2 aromatic rings. The zero-order chi connectivity index (χ0) is 16.7. The highest BCUT2D eigenvalue weighted by atomic mass is 16.5. The molecule has 0 aliphatic carbocycles. The van der Waals surface area contributed by atoms with Crippen LogP contribution in [0.25, 0.3) is 0 Å². The van der Waals surface area contributed by atoms with Crippen LogP contribution in [-0.4, -0.2) is 26.3 Å². The molecular formula is C18H20N2O3. The number of amides is 1. The van der Waals surface area contributed by atoms with Crippen LogP contribution in [0.3, 0.4) is 0 Å². The summed E-state index contributed by atoms with van der Waals surface area (Å²) in [7, 11) is 3.16. The van der Waals surface area contributed by atoms with Crippen molar-refractivity contribution >= 4 is 12.1 Å². The maximum absolute atomic E-state index is 11.9. The Balaban J connectivity index is 1.95. The first-order valence-electron chi connectivity index (χ1n) is 7.22. The lowest BCUT2D eigenvalue weighted by atomic mass is 10.1. The second-order valence-corrected chi connectivity index (χ2v) is 5.06. The molecule has 0 unspecified atom stereocenters. The van der Waals surface area contributed by atoms with Crippen molar-refractivity contribution in [1.82, 2.24) is 5.43 Å². The Kier molecular flexibility index (Phi) is 5.74. The topological polar surface area (TPSA) is 59.9 Å². The van der Waals surface area contributed by atoms with Gasteiger partial charge in [0.2, 0.25) is 5.91 Å². The van der Waals surface area contributed by atoms with Crippen LogP contribution in [0.2, 0.25) is 0 Å². The smallest absolute Gasteiger partial charge is 0.244 e. The van der Waals surface area contributed by atoms with E-state index < -0.39 is 0 Å². The molecule has 0 saturated carbocycles. The van der Waals surface area contributed by atoms with Crippen LogP contribution >= 0.6 is 0 Å². The Labute approximate surface area is 135 Å². The molecular weight excluding hydrogens is 292 g/mol. The average Bonchev–Trinajstić information content (AvgIpc) is 2.57. The van der Waals surface area contributed by atoms with Crippen molar-refractivity contribution in [3.63, 3.8) is 0 Å². The van der Waals surface area contributed by atoms with Crippen LogP contribution in [-0.2, 0) is 11.2 Å². The second-order valence-electron chi connectivity index (χ2n) is 5.06. The minimum Gasteiger partial charge on any atom is -0.497 e. The number of nitrogens with one attached hydrogen (secondary N) is 1. The molecule has 120 valence electrons. The molecule has 2 rings (SSSR count). The van der Waals surface area contributed by atoms with Crippen LogP contribution in [0.4, 0.5) is 0 Å². The van der Waals surface area contributed by atoms with Crippen molar-refractivity contribution in [2.24, 2.45) is 5.10 Å². The maximum atomic E-state index is 11.9. The number of carbonyl (C=O) groups excluding carboxylic acids is 1. The summed E-state index contributed by atoms with van der Waals surface area (Å²) in [5.74, 6) is 1.15. The lowest BCUT2D eigenvalue weighted by Crippen LogP contribution is -2.19. The second kappa shape index (κ2) is 7.98. The Hall–Kier alpha value is -2.82. The Morgan fingerprint density at radius 3 is 2.52 bits per heavy atom. The van der Waals surface area contributed by atoms with Gasteiger partial charge >= 0.3 is 0 Å². The van der Waals surface area contributed by atoms with Crippen LogP contribution in [0, 0.1) is 6.92 Å². The SMILES string of the molecule is COc1ccc(/C=N\NC(=O)Cc2ccc(C)cc2)c(OC)c1. The molecule has 1 N–H and O–H groups in total. The first-order valence-corrected chi connectivity index (χ1v) is 7.22. The third-order valence-electron chi connectivity index (χ3n) is 3.32. The Morgan fingerprint density at radius 1 is 1.13 bits per heavy atom. The minimum atomic E-state index is -0.169. The summed E-state index contributed by atoms with van der Waals surface area (Å²) >= 11 is 0. The molecule has 0 atom stereocenters. The van der Waals surface area contributed by atoms with Gasteiger partial charge in [0.05, 0.1) is 26.9 Å². The number of benzene rings is 2. The van der Waals surface area contributed by atoms with Gasteiger partial charge in [-0.2, -0.15) is 5.10 Å². The molecule has 2 aromatic carbocycles. The normalized spacial score (nSPS) is 10.6. The number of ether oxygens (including phenoxy) is 2. The van der Waals surface area contributed by atoms with Crippen LogP contribution in [0.15, 0.2) is 47.6 Å². The largest absolute Gasteiger partial charge is 0.497 e. The summed E-state index contributed by atoms with van der Waals surface area (Å²) in [6, 6.07) is 13.2. The number of rotatable bonds is 6. The monoisotopic (exact) mass is 312 g/mol. The van der Waals surface area contributed by atoms with E-state index in [1.165, 1.54) is 5.56 Å². The first kappa shape index (κ1) is 16.5. The van der Waals surface area contributed by atoms with Gasteiger partial charge in [0.15, 0.2) is 0 Å². The van der Waals surface area contributed by atoms with Crippen LogP contribution in [0.5, 0.6) is 11.5 Å². The Morgan fingerprint density at radius 2 is 1.87 bits per heavy atom. The van der Waals surface area contributed by atoms with Crippen molar-refractivity contribution in [3.8, 4) is 11.5 Å². The highest BCUT2D eigenvalue weighted by molar-refractivity contribution is 5.86. The number of hydrogen-bond donors (Lipinski definition) is 1. The van der Waals surface area contributed by atoms with Crippen molar-refractivity contribution in [3.05, 3.63) is 59.2 Å². The predicted molar refractivity (Wildman–Crippen MR) is 90.2 cm³/mol. The van der Waals surface area contributed by atoms with Crippen molar-refractivity contribution < 1.29 is 14.3 Å². The van der Waals surface area contributed by atoms with E-state index in [9.17, 15) is 4.79 Å². The van der Waals surface area contributed by atoms with E-state index in [2.05, 4.69) is 10.5 Å². The molecule has 0 saturated heterocycles. The lowest BCUT2D eigenvalue weighted by Gasteiger charge is -2.07. The molecule has 23 heavy (non-hydrogen) atoms. The van der Waals surface area contributed by atoms with Gasteiger partial charge in [0.25, 0.3) is 0 Å². The zero-order valence-electron chi connectivity index (χ0n) is 13.5. The minimum absolute atomic E-state index is 0.169. The number of carbonyl (C=O) groups is 1. The molecule has 0 fully saturated rings. The fourth-order valence-corrected chi connectivity index (χ4v) is 2.03. The molecule has 0 bridgehead atoms. The molecule has 0 aromatic heterocycles. The number of hydrazone groups is 1. The molecule has 0 heterocycles. The van der Waals surface area contributed by atoms with E-state index in [1.807, 2.05) is 37.3 Å². The summed E-state index contributed by atoms with van der Waals surface area (Å²) in [5.41, 5.74) is 5.39. The number of nitrogens with zero attached hydrogens (tertiary/aromatic N) is 1. The molecule has 5 nitrogen and oxygen atoms in total. The number of methoxy groups -OCH3 is 2. The van der Waals surface area contributed by atoms with E-state index in [0.717, 1.165) is 11.1 Å². The maximum Gasteiger partial charge on any atom is 0.244 e. The van der Waals surface area contributed by atoms with Gasteiger partial charge < -0.3 is 9.47 Å². The van der Waals surface area contributed by atoms with Gasteiger partial charge in [-0.15, -0.1) is 0 Å².